The van der Waals surface area contributed by atoms with Crippen molar-refractivity contribution in [2.45, 2.75) is 13.5 Å². The van der Waals surface area contributed by atoms with Gasteiger partial charge in [-0.15, -0.1) is 0 Å². The molecule has 7 nitrogen and oxygen atoms in total. The lowest BCUT2D eigenvalue weighted by molar-refractivity contribution is 0.0945. The van der Waals surface area contributed by atoms with Crippen molar-refractivity contribution in [1.82, 2.24) is 15.3 Å². The Hall–Kier alpha value is -3.61. The zero-order valence-corrected chi connectivity index (χ0v) is 16.0. The first-order valence-corrected chi connectivity index (χ1v) is 8.74. The van der Waals surface area contributed by atoms with E-state index in [9.17, 15) is 4.79 Å². The number of nitrogens with zero attached hydrogens (tertiary/aromatic N) is 2. The lowest BCUT2D eigenvalue weighted by atomic mass is 10.1. The highest BCUT2D eigenvalue weighted by atomic mass is 16.5. The number of benzene rings is 2. The summed E-state index contributed by atoms with van der Waals surface area (Å²) >= 11 is 0. The van der Waals surface area contributed by atoms with Crippen molar-refractivity contribution in [1.29, 1.82) is 0 Å². The molecule has 28 heavy (non-hydrogen) atoms. The van der Waals surface area contributed by atoms with Gasteiger partial charge in [-0.25, -0.2) is 9.97 Å². The van der Waals surface area contributed by atoms with Gasteiger partial charge in [0.25, 0.3) is 5.91 Å². The highest BCUT2D eigenvalue weighted by Crippen LogP contribution is 2.30. The summed E-state index contributed by atoms with van der Waals surface area (Å²) < 4.78 is 10.5. The summed E-state index contributed by atoms with van der Waals surface area (Å²) in [5.41, 5.74) is 3.15. The molecule has 2 aromatic carbocycles. The summed E-state index contributed by atoms with van der Waals surface area (Å²) in [5.74, 6) is 1.52. The van der Waals surface area contributed by atoms with Crippen LogP contribution in [0.2, 0.25) is 0 Å². The molecule has 1 amide bonds. The minimum atomic E-state index is -0.275. The Labute approximate surface area is 163 Å². The first-order valence-electron chi connectivity index (χ1n) is 8.74. The van der Waals surface area contributed by atoms with Gasteiger partial charge in [0.15, 0.2) is 0 Å². The van der Waals surface area contributed by atoms with Crippen LogP contribution in [0.4, 0.5) is 11.5 Å². The zero-order chi connectivity index (χ0) is 19.9. The first kappa shape index (κ1) is 19.2. The van der Waals surface area contributed by atoms with Crippen molar-refractivity contribution in [2.24, 2.45) is 0 Å². The number of anilines is 2. The highest BCUT2D eigenvalue weighted by molar-refractivity contribution is 5.92. The monoisotopic (exact) mass is 378 g/mol. The van der Waals surface area contributed by atoms with Crippen molar-refractivity contribution in [3.63, 3.8) is 0 Å². The van der Waals surface area contributed by atoms with Gasteiger partial charge in [-0.1, -0.05) is 29.8 Å². The number of hydrogen-bond acceptors (Lipinski definition) is 6. The van der Waals surface area contributed by atoms with E-state index in [1.807, 2.05) is 43.3 Å². The summed E-state index contributed by atoms with van der Waals surface area (Å²) in [6.07, 6.45) is 2.94. The van der Waals surface area contributed by atoms with Gasteiger partial charge in [0, 0.05) is 12.6 Å². The number of amides is 1. The third-order valence-corrected chi connectivity index (χ3v) is 4.09. The number of hydrogen-bond donors (Lipinski definition) is 2. The molecule has 1 heterocycles. The van der Waals surface area contributed by atoms with Crippen LogP contribution in [0.3, 0.4) is 0 Å². The van der Waals surface area contributed by atoms with E-state index in [1.54, 1.807) is 20.3 Å². The first-order chi connectivity index (χ1) is 13.6. The van der Waals surface area contributed by atoms with Gasteiger partial charge in [-0.3, -0.25) is 4.79 Å². The second kappa shape index (κ2) is 8.85. The summed E-state index contributed by atoms with van der Waals surface area (Å²) in [6, 6.07) is 13.4. The van der Waals surface area contributed by atoms with Crippen molar-refractivity contribution >= 4 is 17.4 Å². The number of carbonyl (C=O) groups excluding carboxylic acids is 1. The molecule has 1 aromatic heterocycles. The van der Waals surface area contributed by atoms with E-state index in [0.29, 0.717) is 29.5 Å². The van der Waals surface area contributed by atoms with Crippen LogP contribution >= 0.6 is 0 Å². The van der Waals surface area contributed by atoms with E-state index >= 15 is 0 Å². The average Bonchev–Trinajstić information content (AvgIpc) is 2.73. The van der Waals surface area contributed by atoms with Crippen molar-refractivity contribution in [3.8, 4) is 11.5 Å². The van der Waals surface area contributed by atoms with E-state index in [4.69, 9.17) is 9.47 Å². The molecule has 144 valence electrons. The Kier molecular flexibility index (Phi) is 6.06. The maximum absolute atomic E-state index is 12.3. The summed E-state index contributed by atoms with van der Waals surface area (Å²) in [7, 11) is 3.17. The second-order valence-electron chi connectivity index (χ2n) is 6.15. The van der Waals surface area contributed by atoms with Crippen LogP contribution in [0.15, 0.2) is 54.9 Å². The molecule has 0 aliphatic rings. The molecule has 3 rings (SSSR count). The molecule has 2 N–H and O–H groups in total. The number of rotatable bonds is 7. The third kappa shape index (κ3) is 4.76. The SMILES string of the molecule is COc1ccc(Nc2cnc(C(=O)NCc3cccc(C)c3)cn2)c(OC)c1. The van der Waals surface area contributed by atoms with Gasteiger partial charge < -0.3 is 20.1 Å². The van der Waals surface area contributed by atoms with Gasteiger partial charge in [0.1, 0.15) is 23.0 Å². The Morgan fingerprint density at radius 2 is 1.89 bits per heavy atom. The largest absolute Gasteiger partial charge is 0.497 e. The fraction of sp³-hybridized carbons (Fsp3) is 0.190. The van der Waals surface area contributed by atoms with E-state index in [1.165, 1.54) is 12.4 Å². The summed E-state index contributed by atoms with van der Waals surface area (Å²) in [4.78, 5) is 20.7. The smallest absolute Gasteiger partial charge is 0.271 e. The average molecular weight is 378 g/mol. The van der Waals surface area contributed by atoms with Crippen molar-refractivity contribution < 1.29 is 14.3 Å². The van der Waals surface area contributed by atoms with Crippen LogP contribution < -0.4 is 20.1 Å². The predicted molar refractivity (Wildman–Crippen MR) is 107 cm³/mol. The maximum Gasteiger partial charge on any atom is 0.271 e. The molecule has 0 saturated carbocycles. The van der Waals surface area contributed by atoms with Gasteiger partial charge in [-0.05, 0) is 24.6 Å². The second-order valence-corrected chi connectivity index (χ2v) is 6.15. The van der Waals surface area contributed by atoms with E-state index in [-0.39, 0.29) is 11.6 Å². The van der Waals surface area contributed by atoms with Crippen LogP contribution in [0.1, 0.15) is 21.6 Å². The Balaban J connectivity index is 1.64. The number of carbonyl (C=O) groups is 1. The molecule has 0 spiro atoms. The van der Waals surface area contributed by atoms with Crippen molar-refractivity contribution in [3.05, 3.63) is 71.7 Å². The minimum Gasteiger partial charge on any atom is -0.497 e. The molecule has 0 unspecified atom stereocenters. The van der Waals surface area contributed by atoms with Gasteiger partial charge in [0.2, 0.25) is 0 Å². The fourth-order valence-electron chi connectivity index (χ4n) is 2.64. The predicted octanol–water partition coefficient (Wildman–Crippen LogP) is 3.48. The topological polar surface area (TPSA) is 85.4 Å². The number of methoxy groups -OCH3 is 2. The standard InChI is InChI=1S/C21H22N4O3/c1-14-5-4-6-15(9-14)11-24-21(26)18-12-23-20(13-22-18)25-17-8-7-16(27-2)10-19(17)28-3/h4-10,12-13H,11H2,1-3H3,(H,23,25)(H,24,26). The normalized spacial score (nSPS) is 10.2. The number of aryl methyl sites for hydroxylation is 1. The van der Waals surface area contributed by atoms with E-state index in [2.05, 4.69) is 20.6 Å². The van der Waals surface area contributed by atoms with Crippen LogP contribution in [-0.2, 0) is 6.54 Å². The maximum atomic E-state index is 12.3. The molecular formula is C21H22N4O3. The molecular weight excluding hydrogens is 356 g/mol. The fourth-order valence-corrected chi connectivity index (χ4v) is 2.64. The summed E-state index contributed by atoms with van der Waals surface area (Å²) in [5, 5.41) is 5.97. The molecule has 0 saturated heterocycles. The highest BCUT2D eigenvalue weighted by Gasteiger charge is 2.10. The molecule has 0 aliphatic heterocycles. The Bertz CT molecular complexity index is 958. The molecule has 0 radical (unpaired) electrons. The van der Waals surface area contributed by atoms with Gasteiger partial charge in [0.05, 0.1) is 32.3 Å². The third-order valence-electron chi connectivity index (χ3n) is 4.09. The number of aromatic nitrogens is 2. The van der Waals surface area contributed by atoms with E-state index in [0.717, 1.165) is 11.1 Å². The Morgan fingerprint density at radius 3 is 2.57 bits per heavy atom. The molecule has 0 atom stereocenters. The number of ether oxygens (including phenoxy) is 2. The van der Waals surface area contributed by atoms with Crippen LogP contribution in [-0.4, -0.2) is 30.1 Å². The lowest BCUT2D eigenvalue weighted by Crippen LogP contribution is -2.24. The van der Waals surface area contributed by atoms with Crippen LogP contribution in [0, 0.1) is 6.92 Å². The minimum absolute atomic E-state index is 0.250. The van der Waals surface area contributed by atoms with Crippen LogP contribution in [0.5, 0.6) is 11.5 Å². The quantitative estimate of drug-likeness (QED) is 0.655. The number of nitrogens with one attached hydrogen (secondary N) is 2. The molecule has 3 aromatic rings. The summed E-state index contributed by atoms with van der Waals surface area (Å²) in [6.45, 7) is 2.45. The molecule has 0 bridgehead atoms. The van der Waals surface area contributed by atoms with Gasteiger partial charge >= 0.3 is 0 Å². The zero-order valence-electron chi connectivity index (χ0n) is 16.0. The van der Waals surface area contributed by atoms with E-state index < -0.39 is 0 Å². The molecule has 0 aliphatic carbocycles. The van der Waals surface area contributed by atoms with Crippen LogP contribution in [0.25, 0.3) is 0 Å². The lowest BCUT2D eigenvalue weighted by Gasteiger charge is -2.12. The molecule has 0 fully saturated rings. The molecule has 7 heteroatoms. The van der Waals surface area contributed by atoms with Crippen molar-refractivity contribution in [2.75, 3.05) is 19.5 Å². The Morgan fingerprint density at radius 1 is 1.04 bits per heavy atom. The van der Waals surface area contributed by atoms with Gasteiger partial charge in [-0.2, -0.15) is 0 Å².